The molecule has 0 saturated carbocycles. The fraction of sp³-hybridized carbons (Fsp3) is 0.667. The molecule has 1 aromatic heterocycles. The zero-order valence-corrected chi connectivity index (χ0v) is 11.7. The maximum atomic E-state index is 4.33. The Morgan fingerprint density at radius 3 is 2.79 bits per heavy atom. The number of nitrogens with zero attached hydrogens (tertiary/aromatic N) is 3. The van der Waals surface area contributed by atoms with Crippen LogP contribution in [0.1, 0.15) is 5.69 Å². The molecule has 14 heavy (non-hydrogen) atoms. The van der Waals surface area contributed by atoms with Crippen LogP contribution in [0.15, 0.2) is 10.7 Å². The SMILES string of the molecule is CN(C)CCn1ncc(Br)c1CCBr. The minimum absolute atomic E-state index is 0.945. The van der Waals surface area contributed by atoms with Crippen LogP contribution in [0.2, 0.25) is 0 Å². The molecule has 0 fully saturated rings. The molecule has 1 rings (SSSR count). The van der Waals surface area contributed by atoms with Gasteiger partial charge in [0.05, 0.1) is 22.9 Å². The van der Waals surface area contributed by atoms with Crippen molar-refractivity contribution in [2.45, 2.75) is 13.0 Å². The fourth-order valence-electron chi connectivity index (χ4n) is 1.21. The number of hydrogen-bond acceptors (Lipinski definition) is 2. The van der Waals surface area contributed by atoms with Crippen molar-refractivity contribution in [3.63, 3.8) is 0 Å². The van der Waals surface area contributed by atoms with Gasteiger partial charge in [0.2, 0.25) is 0 Å². The quantitative estimate of drug-likeness (QED) is 0.774. The second-order valence-electron chi connectivity index (χ2n) is 3.40. The Bertz CT molecular complexity index is 284. The summed E-state index contributed by atoms with van der Waals surface area (Å²) in [6.07, 6.45) is 2.88. The average Bonchev–Trinajstić information content (AvgIpc) is 2.46. The van der Waals surface area contributed by atoms with Crippen LogP contribution in [0, 0.1) is 0 Å². The Labute approximate surface area is 102 Å². The molecule has 0 saturated heterocycles. The zero-order chi connectivity index (χ0) is 10.6. The van der Waals surface area contributed by atoms with Crippen molar-refractivity contribution >= 4 is 31.9 Å². The molecule has 0 unspecified atom stereocenters. The summed E-state index contributed by atoms with van der Waals surface area (Å²) < 4.78 is 3.17. The highest BCUT2D eigenvalue weighted by Gasteiger charge is 2.07. The topological polar surface area (TPSA) is 21.1 Å². The van der Waals surface area contributed by atoms with Gasteiger partial charge in [0.25, 0.3) is 0 Å². The summed E-state index contributed by atoms with van der Waals surface area (Å²) in [4.78, 5) is 2.16. The van der Waals surface area contributed by atoms with Crippen molar-refractivity contribution in [2.24, 2.45) is 0 Å². The number of hydrogen-bond donors (Lipinski definition) is 0. The summed E-state index contributed by atoms with van der Waals surface area (Å²) in [7, 11) is 4.14. The third-order valence-electron chi connectivity index (χ3n) is 1.99. The van der Waals surface area contributed by atoms with Gasteiger partial charge >= 0.3 is 0 Å². The molecule has 0 amide bonds. The van der Waals surface area contributed by atoms with Gasteiger partial charge in [-0.2, -0.15) is 5.10 Å². The third-order valence-corrected chi connectivity index (χ3v) is 3.05. The first-order valence-electron chi connectivity index (χ1n) is 4.56. The summed E-state index contributed by atoms with van der Waals surface area (Å²) in [6, 6.07) is 0. The van der Waals surface area contributed by atoms with Crippen LogP contribution in [-0.2, 0) is 13.0 Å². The highest BCUT2D eigenvalue weighted by Crippen LogP contribution is 2.17. The predicted molar refractivity (Wildman–Crippen MR) is 66.0 cm³/mol. The molecule has 0 spiro atoms. The second kappa shape index (κ2) is 5.88. The lowest BCUT2D eigenvalue weighted by Gasteiger charge is -2.11. The minimum atomic E-state index is 0.945. The first kappa shape index (κ1) is 12.2. The predicted octanol–water partition coefficient (Wildman–Crippen LogP) is 2.14. The first-order chi connectivity index (χ1) is 6.65. The number of halogens is 2. The molecule has 0 radical (unpaired) electrons. The van der Waals surface area contributed by atoms with Crippen molar-refractivity contribution in [1.82, 2.24) is 14.7 Å². The van der Waals surface area contributed by atoms with Gasteiger partial charge in [0.15, 0.2) is 0 Å². The summed E-state index contributed by atoms with van der Waals surface area (Å²) in [5.74, 6) is 0. The monoisotopic (exact) mass is 323 g/mol. The average molecular weight is 325 g/mol. The standard InChI is InChI=1S/C9H15Br2N3/c1-13(2)5-6-14-9(3-4-10)8(11)7-12-14/h7H,3-6H2,1-2H3. The molecule has 0 aromatic carbocycles. The highest BCUT2D eigenvalue weighted by atomic mass is 79.9. The molecule has 5 heteroatoms. The maximum Gasteiger partial charge on any atom is 0.0635 e. The molecular weight excluding hydrogens is 310 g/mol. The molecule has 0 atom stereocenters. The van der Waals surface area contributed by atoms with Crippen molar-refractivity contribution in [2.75, 3.05) is 26.0 Å². The molecule has 1 heterocycles. The van der Waals surface area contributed by atoms with Gasteiger partial charge in [0, 0.05) is 18.3 Å². The Kier molecular flexibility index (Phi) is 5.12. The van der Waals surface area contributed by atoms with Crippen molar-refractivity contribution < 1.29 is 0 Å². The number of rotatable bonds is 5. The fourth-order valence-corrected chi connectivity index (χ4v) is 2.08. The first-order valence-corrected chi connectivity index (χ1v) is 6.47. The summed E-state index contributed by atoms with van der Waals surface area (Å²) in [6.45, 7) is 1.96. The van der Waals surface area contributed by atoms with Crippen molar-refractivity contribution in [3.8, 4) is 0 Å². The molecule has 80 valence electrons. The molecule has 0 aliphatic carbocycles. The van der Waals surface area contributed by atoms with Crippen LogP contribution in [-0.4, -0.2) is 40.7 Å². The van der Waals surface area contributed by atoms with Gasteiger partial charge in [0.1, 0.15) is 0 Å². The van der Waals surface area contributed by atoms with E-state index in [9.17, 15) is 0 Å². The van der Waals surface area contributed by atoms with E-state index < -0.39 is 0 Å². The Morgan fingerprint density at radius 1 is 1.50 bits per heavy atom. The van der Waals surface area contributed by atoms with Crippen molar-refractivity contribution in [1.29, 1.82) is 0 Å². The van der Waals surface area contributed by atoms with Gasteiger partial charge < -0.3 is 4.90 Å². The van der Waals surface area contributed by atoms with Gasteiger partial charge in [-0.15, -0.1) is 0 Å². The van der Waals surface area contributed by atoms with E-state index in [1.54, 1.807) is 0 Å². The van der Waals surface area contributed by atoms with Gasteiger partial charge in [-0.05, 0) is 30.0 Å². The zero-order valence-electron chi connectivity index (χ0n) is 8.50. The van der Waals surface area contributed by atoms with Crippen molar-refractivity contribution in [3.05, 3.63) is 16.4 Å². The smallest absolute Gasteiger partial charge is 0.0635 e. The van der Waals surface area contributed by atoms with E-state index in [4.69, 9.17) is 0 Å². The van der Waals surface area contributed by atoms with Crippen LogP contribution in [0.4, 0.5) is 0 Å². The molecule has 1 aromatic rings. The minimum Gasteiger partial charge on any atom is -0.308 e. The second-order valence-corrected chi connectivity index (χ2v) is 5.05. The number of likely N-dealkylation sites (N-methyl/N-ethyl adjacent to an activating group) is 1. The third kappa shape index (κ3) is 3.37. The summed E-state index contributed by atoms with van der Waals surface area (Å²) in [5.41, 5.74) is 1.27. The van der Waals surface area contributed by atoms with Crippen LogP contribution in [0.5, 0.6) is 0 Å². The molecule has 0 aliphatic rings. The van der Waals surface area contributed by atoms with E-state index in [-0.39, 0.29) is 0 Å². The normalized spacial score (nSPS) is 11.2. The van der Waals surface area contributed by atoms with E-state index in [0.717, 1.165) is 29.3 Å². The maximum absolute atomic E-state index is 4.33. The molecule has 0 N–H and O–H groups in total. The van der Waals surface area contributed by atoms with Gasteiger partial charge in [-0.3, -0.25) is 4.68 Å². The van der Waals surface area contributed by atoms with Crippen LogP contribution >= 0.6 is 31.9 Å². The van der Waals surface area contributed by atoms with Gasteiger partial charge in [-0.25, -0.2) is 0 Å². The van der Waals surface area contributed by atoms with E-state index in [1.807, 2.05) is 6.20 Å². The van der Waals surface area contributed by atoms with Gasteiger partial charge in [-0.1, -0.05) is 15.9 Å². The lowest BCUT2D eigenvalue weighted by molar-refractivity contribution is 0.369. The lowest BCUT2D eigenvalue weighted by Crippen LogP contribution is -2.20. The molecule has 0 bridgehead atoms. The molecular formula is C9H15Br2N3. The highest BCUT2D eigenvalue weighted by molar-refractivity contribution is 9.10. The van der Waals surface area contributed by atoms with Crippen LogP contribution in [0.25, 0.3) is 0 Å². The Balaban J connectivity index is 2.65. The van der Waals surface area contributed by atoms with E-state index in [1.165, 1.54) is 5.69 Å². The summed E-state index contributed by atoms with van der Waals surface area (Å²) >= 11 is 6.95. The number of aromatic nitrogens is 2. The largest absolute Gasteiger partial charge is 0.308 e. The van der Waals surface area contributed by atoms with E-state index >= 15 is 0 Å². The Morgan fingerprint density at radius 2 is 2.21 bits per heavy atom. The van der Waals surface area contributed by atoms with E-state index in [2.05, 4.69) is 60.6 Å². The Hall–Kier alpha value is 0.130. The number of alkyl halides is 1. The van der Waals surface area contributed by atoms with E-state index in [0.29, 0.717) is 0 Å². The molecule has 3 nitrogen and oxygen atoms in total. The summed E-state index contributed by atoms with van der Waals surface area (Å²) in [5, 5.41) is 5.30. The van der Waals surface area contributed by atoms with Crippen LogP contribution in [0.3, 0.4) is 0 Å². The lowest BCUT2D eigenvalue weighted by atomic mass is 10.3. The van der Waals surface area contributed by atoms with Crippen LogP contribution < -0.4 is 0 Å². The molecule has 0 aliphatic heterocycles.